The lowest BCUT2D eigenvalue weighted by atomic mass is 10.1. The van der Waals surface area contributed by atoms with Crippen LogP contribution in [0.3, 0.4) is 0 Å². The molecule has 0 spiro atoms. The molecule has 11 heavy (non-hydrogen) atoms. The summed E-state index contributed by atoms with van der Waals surface area (Å²) in [6.07, 6.45) is 5.92. The van der Waals surface area contributed by atoms with Crippen LogP contribution in [0.1, 0.15) is 19.3 Å². The molecule has 0 aromatic rings. The highest BCUT2D eigenvalue weighted by atomic mass is 28.3. The second-order valence-corrected chi connectivity index (χ2v) is 7.09. The Morgan fingerprint density at radius 1 is 1.64 bits per heavy atom. The molecule has 1 nitrogen and oxygen atoms in total. The van der Waals surface area contributed by atoms with E-state index in [9.17, 15) is 5.11 Å². The quantitative estimate of drug-likeness (QED) is 0.595. The first-order valence-corrected chi connectivity index (χ1v) is 6.87. The molecular weight excluding hydrogens is 152 g/mol. The second kappa shape index (κ2) is 2.13. The maximum Gasteiger partial charge on any atom is 0.0917 e. The van der Waals surface area contributed by atoms with Crippen LogP contribution in [0.5, 0.6) is 0 Å². The van der Waals surface area contributed by atoms with Crippen LogP contribution in [-0.4, -0.2) is 13.9 Å². The van der Waals surface area contributed by atoms with Crippen molar-refractivity contribution >= 4 is 8.80 Å². The fourth-order valence-corrected chi connectivity index (χ4v) is 4.46. The topological polar surface area (TPSA) is 20.2 Å². The minimum absolute atomic E-state index is 0.287. The van der Waals surface area contributed by atoms with E-state index in [4.69, 9.17) is 0 Å². The summed E-state index contributed by atoms with van der Waals surface area (Å²) in [5, 5.41) is 10.0. The van der Waals surface area contributed by atoms with E-state index < -0.39 is 0 Å². The van der Waals surface area contributed by atoms with E-state index in [-0.39, 0.29) is 13.8 Å². The van der Waals surface area contributed by atoms with Crippen molar-refractivity contribution in [3.8, 4) is 0 Å². The van der Waals surface area contributed by atoms with Gasteiger partial charge in [0, 0.05) is 5.04 Å². The summed E-state index contributed by atoms with van der Waals surface area (Å²) in [7, 11) is -0.348. The first-order chi connectivity index (χ1) is 5.15. The molecule has 2 atom stereocenters. The van der Waals surface area contributed by atoms with Crippen molar-refractivity contribution in [2.24, 2.45) is 5.92 Å². The third-order valence-electron chi connectivity index (χ3n) is 3.39. The molecule has 1 saturated carbocycles. The van der Waals surface area contributed by atoms with Crippen LogP contribution in [0.4, 0.5) is 0 Å². The van der Waals surface area contributed by atoms with Crippen molar-refractivity contribution in [2.45, 2.75) is 37.4 Å². The van der Waals surface area contributed by atoms with Crippen molar-refractivity contribution < 1.29 is 5.11 Å². The van der Waals surface area contributed by atoms with Crippen LogP contribution in [0.15, 0.2) is 11.8 Å². The number of hydrogen-bond acceptors (Lipinski definition) is 1. The van der Waals surface area contributed by atoms with E-state index in [0.29, 0.717) is 0 Å². The fourth-order valence-electron chi connectivity index (χ4n) is 2.55. The largest absolute Gasteiger partial charge is 0.512 e. The highest BCUT2D eigenvalue weighted by Crippen LogP contribution is 2.60. The monoisotopic (exact) mass is 167 g/mol. The molecule has 0 saturated heterocycles. The predicted molar refractivity (Wildman–Crippen MR) is 48.2 cm³/mol. The lowest BCUT2D eigenvalue weighted by molar-refractivity contribution is 0.344. The Kier molecular flexibility index (Phi) is 1.43. The Hall–Kier alpha value is -0.243. The fraction of sp³-hybridized carbons (Fsp3) is 0.778. The summed E-state index contributed by atoms with van der Waals surface area (Å²) >= 11 is 0. The number of aliphatic hydroxyl groups is 1. The van der Waals surface area contributed by atoms with Crippen molar-refractivity contribution in [1.29, 1.82) is 0 Å². The maximum atomic E-state index is 9.73. The van der Waals surface area contributed by atoms with Gasteiger partial charge in [-0.2, -0.15) is 0 Å². The summed E-state index contributed by atoms with van der Waals surface area (Å²) in [4.78, 5) is 0. The molecule has 2 heteroatoms. The van der Waals surface area contributed by atoms with Crippen molar-refractivity contribution in [3.05, 3.63) is 11.8 Å². The van der Waals surface area contributed by atoms with Gasteiger partial charge < -0.3 is 5.11 Å². The summed E-state index contributed by atoms with van der Waals surface area (Å²) in [5.41, 5.74) is 0. The predicted octanol–water partition coefficient (Wildman–Crippen LogP) is 2.74. The van der Waals surface area contributed by atoms with E-state index in [1.807, 2.05) is 0 Å². The number of allylic oxidation sites excluding steroid dienone is 2. The number of rotatable bonds is 1. The lowest BCUT2D eigenvalue weighted by Gasteiger charge is -2.29. The molecule has 0 aromatic heterocycles. The summed E-state index contributed by atoms with van der Waals surface area (Å²) < 4.78 is 0. The van der Waals surface area contributed by atoms with Crippen molar-refractivity contribution in [3.63, 3.8) is 0 Å². The minimum atomic E-state index is -0.348. The van der Waals surface area contributed by atoms with Gasteiger partial charge in [0.1, 0.15) is 0 Å². The molecule has 2 aliphatic rings. The van der Waals surface area contributed by atoms with Crippen LogP contribution >= 0.6 is 0 Å². The van der Waals surface area contributed by atoms with E-state index in [1.54, 1.807) is 0 Å². The molecule has 0 heterocycles. The Bertz CT molecular complexity index is 210. The number of fused-ring (bicyclic) bond motifs is 2. The first kappa shape index (κ1) is 7.41. The lowest BCUT2D eigenvalue weighted by Crippen LogP contribution is -2.25. The summed E-state index contributed by atoms with van der Waals surface area (Å²) in [6.45, 7) is 4.64. The molecule has 1 N–H and O–H groups in total. The standard InChI is InChI=1S/C9H15OSi/c1-11(2)9-4-3-7(6-9)5-8(9)10/h5,7,10H,3-4,6H2,1-2H3. The van der Waals surface area contributed by atoms with Gasteiger partial charge in [-0.05, 0) is 31.3 Å². The summed E-state index contributed by atoms with van der Waals surface area (Å²) in [5.74, 6) is 1.45. The molecular formula is C9H15OSi. The Morgan fingerprint density at radius 3 is 2.64 bits per heavy atom. The molecule has 2 unspecified atom stereocenters. The zero-order valence-corrected chi connectivity index (χ0v) is 8.22. The van der Waals surface area contributed by atoms with Gasteiger partial charge in [-0.3, -0.25) is 0 Å². The summed E-state index contributed by atoms with van der Waals surface area (Å²) in [6, 6.07) is 0. The Labute approximate surface area is 69.7 Å². The SMILES string of the molecule is C[Si](C)C12CCC(C=C1O)C2. The van der Waals surface area contributed by atoms with Crippen LogP contribution in [0.25, 0.3) is 0 Å². The van der Waals surface area contributed by atoms with Gasteiger partial charge >= 0.3 is 0 Å². The van der Waals surface area contributed by atoms with E-state index in [2.05, 4.69) is 19.2 Å². The van der Waals surface area contributed by atoms with Crippen LogP contribution in [0, 0.1) is 5.92 Å². The van der Waals surface area contributed by atoms with Crippen LogP contribution in [0.2, 0.25) is 18.1 Å². The van der Waals surface area contributed by atoms with E-state index in [1.165, 1.54) is 19.3 Å². The molecule has 2 aliphatic carbocycles. The normalized spacial score (nSPS) is 41.7. The van der Waals surface area contributed by atoms with E-state index >= 15 is 0 Å². The number of hydrogen-bond donors (Lipinski definition) is 1. The number of aliphatic hydroxyl groups excluding tert-OH is 1. The zero-order chi connectivity index (χ0) is 8.06. The molecule has 2 rings (SSSR count). The average Bonchev–Trinajstić information content (AvgIpc) is 2.43. The van der Waals surface area contributed by atoms with Crippen molar-refractivity contribution in [2.75, 3.05) is 0 Å². The van der Waals surface area contributed by atoms with Crippen molar-refractivity contribution in [1.82, 2.24) is 0 Å². The molecule has 2 bridgehead atoms. The average molecular weight is 167 g/mol. The highest BCUT2D eigenvalue weighted by molar-refractivity contribution is 6.60. The van der Waals surface area contributed by atoms with Gasteiger partial charge in [-0.15, -0.1) is 0 Å². The van der Waals surface area contributed by atoms with Gasteiger partial charge in [0.15, 0.2) is 0 Å². The Balaban J connectivity index is 2.33. The Morgan fingerprint density at radius 2 is 2.36 bits per heavy atom. The highest BCUT2D eigenvalue weighted by Gasteiger charge is 2.49. The van der Waals surface area contributed by atoms with Gasteiger partial charge in [0.2, 0.25) is 0 Å². The molecule has 1 fully saturated rings. The maximum absolute atomic E-state index is 9.73. The second-order valence-electron chi connectivity index (χ2n) is 4.14. The molecule has 0 aliphatic heterocycles. The van der Waals surface area contributed by atoms with Gasteiger partial charge in [-0.1, -0.05) is 13.1 Å². The molecule has 61 valence electrons. The molecule has 0 amide bonds. The third-order valence-corrected chi connectivity index (χ3v) is 6.02. The zero-order valence-electron chi connectivity index (χ0n) is 7.22. The third kappa shape index (κ3) is 0.820. The van der Waals surface area contributed by atoms with Gasteiger partial charge in [-0.25, -0.2) is 0 Å². The smallest absolute Gasteiger partial charge is 0.0917 e. The first-order valence-electron chi connectivity index (χ1n) is 4.37. The van der Waals surface area contributed by atoms with Gasteiger partial charge in [0.25, 0.3) is 0 Å². The van der Waals surface area contributed by atoms with E-state index in [0.717, 1.165) is 11.7 Å². The van der Waals surface area contributed by atoms with Crippen LogP contribution in [-0.2, 0) is 0 Å². The molecule has 0 aromatic carbocycles. The molecule has 1 radical (unpaired) electrons. The minimum Gasteiger partial charge on any atom is -0.512 e. The van der Waals surface area contributed by atoms with Gasteiger partial charge in [0.05, 0.1) is 14.6 Å². The van der Waals surface area contributed by atoms with Crippen LogP contribution < -0.4 is 0 Å².